The van der Waals surface area contributed by atoms with Crippen molar-refractivity contribution in [1.82, 2.24) is 5.32 Å². The molecule has 5 nitrogen and oxygen atoms in total. The fraction of sp³-hybridized carbons (Fsp3) is 0.467. The number of benzene rings is 1. The topological polar surface area (TPSA) is 81.4 Å². The quantitative estimate of drug-likeness (QED) is 0.552. The Labute approximate surface area is 119 Å². The third-order valence-electron chi connectivity index (χ3n) is 2.87. The highest BCUT2D eigenvalue weighted by Crippen LogP contribution is 2.08. The second kappa shape index (κ2) is 9.09. The zero-order valence-electron chi connectivity index (χ0n) is 11.9. The smallest absolute Gasteiger partial charge is 0.305 e. The molecule has 5 heteroatoms. The lowest BCUT2D eigenvalue weighted by Crippen LogP contribution is -2.27. The van der Waals surface area contributed by atoms with Gasteiger partial charge in [0.1, 0.15) is 0 Å². The first-order valence-corrected chi connectivity index (χ1v) is 6.86. The third kappa shape index (κ3) is 5.84. The van der Waals surface area contributed by atoms with E-state index in [0.29, 0.717) is 39.0 Å². The summed E-state index contributed by atoms with van der Waals surface area (Å²) in [4.78, 5) is 22.9. The molecule has 0 spiro atoms. The van der Waals surface area contributed by atoms with Gasteiger partial charge in [0.05, 0.1) is 13.0 Å². The number of amides is 1. The van der Waals surface area contributed by atoms with Crippen LogP contribution in [0.1, 0.15) is 30.9 Å². The first-order valence-electron chi connectivity index (χ1n) is 6.86. The summed E-state index contributed by atoms with van der Waals surface area (Å²) in [5.41, 5.74) is 7.55. The highest BCUT2D eigenvalue weighted by molar-refractivity contribution is 5.79. The van der Waals surface area contributed by atoms with Crippen LogP contribution in [-0.2, 0) is 27.3 Å². The van der Waals surface area contributed by atoms with Gasteiger partial charge in [-0.2, -0.15) is 0 Å². The van der Waals surface area contributed by atoms with E-state index in [1.165, 1.54) is 0 Å². The van der Waals surface area contributed by atoms with Crippen molar-refractivity contribution < 1.29 is 14.3 Å². The molecule has 0 aliphatic rings. The van der Waals surface area contributed by atoms with E-state index in [9.17, 15) is 9.59 Å². The monoisotopic (exact) mass is 278 g/mol. The van der Waals surface area contributed by atoms with Gasteiger partial charge in [-0.25, -0.2) is 0 Å². The average molecular weight is 278 g/mol. The van der Waals surface area contributed by atoms with Crippen molar-refractivity contribution in [2.45, 2.75) is 32.7 Å². The van der Waals surface area contributed by atoms with Crippen LogP contribution < -0.4 is 11.1 Å². The second-order valence-corrected chi connectivity index (χ2v) is 4.41. The van der Waals surface area contributed by atoms with E-state index < -0.39 is 0 Å². The molecule has 0 heterocycles. The Morgan fingerprint density at radius 3 is 2.60 bits per heavy atom. The standard InChI is InChI=1S/C15H22N2O3/c1-2-20-15(19)8-5-9-17-14(18)10-12-6-3-4-7-13(12)11-16/h3-4,6-7H,2,5,8-11,16H2,1H3,(H,17,18). The molecule has 0 saturated carbocycles. The minimum absolute atomic E-state index is 0.0604. The van der Waals surface area contributed by atoms with Crippen molar-refractivity contribution in [3.8, 4) is 0 Å². The Morgan fingerprint density at radius 1 is 1.25 bits per heavy atom. The van der Waals surface area contributed by atoms with E-state index in [1.807, 2.05) is 24.3 Å². The zero-order valence-corrected chi connectivity index (χ0v) is 11.9. The molecule has 0 unspecified atom stereocenters. The molecular formula is C15H22N2O3. The summed E-state index contributed by atoms with van der Waals surface area (Å²) in [5, 5.41) is 2.79. The summed E-state index contributed by atoms with van der Waals surface area (Å²) in [6.45, 7) is 3.06. The highest BCUT2D eigenvalue weighted by atomic mass is 16.5. The Kier molecular flexibility index (Phi) is 7.35. The molecule has 20 heavy (non-hydrogen) atoms. The Hall–Kier alpha value is -1.88. The van der Waals surface area contributed by atoms with Crippen LogP contribution in [0.4, 0.5) is 0 Å². The summed E-state index contributed by atoms with van der Waals surface area (Å²) in [6.07, 6.45) is 1.23. The number of carbonyl (C=O) groups excluding carboxylic acids is 2. The van der Waals surface area contributed by atoms with Crippen molar-refractivity contribution in [2.75, 3.05) is 13.2 Å². The molecule has 110 valence electrons. The number of nitrogens with one attached hydrogen (secondary N) is 1. The average Bonchev–Trinajstić information content (AvgIpc) is 2.44. The molecule has 0 aromatic heterocycles. The maximum Gasteiger partial charge on any atom is 0.305 e. The van der Waals surface area contributed by atoms with E-state index in [2.05, 4.69) is 5.32 Å². The van der Waals surface area contributed by atoms with Crippen molar-refractivity contribution >= 4 is 11.9 Å². The van der Waals surface area contributed by atoms with Crippen LogP contribution >= 0.6 is 0 Å². The molecule has 0 atom stereocenters. The van der Waals surface area contributed by atoms with Gasteiger partial charge in [-0.1, -0.05) is 24.3 Å². The van der Waals surface area contributed by atoms with Gasteiger partial charge in [-0.15, -0.1) is 0 Å². The number of esters is 1. The predicted molar refractivity (Wildman–Crippen MR) is 76.9 cm³/mol. The van der Waals surface area contributed by atoms with Crippen LogP contribution in [0.25, 0.3) is 0 Å². The lowest BCUT2D eigenvalue weighted by Gasteiger charge is -2.08. The van der Waals surface area contributed by atoms with Crippen molar-refractivity contribution in [3.05, 3.63) is 35.4 Å². The lowest BCUT2D eigenvalue weighted by molar-refractivity contribution is -0.143. The fourth-order valence-corrected chi connectivity index (χ4v) is 1.86. The molecule has 1 aromatic rings. The molecule has 1 aromatic carbocycles. The predicted octanol–water partition coefficient (Wildman–Crippen LogP) is 1.15. The molecule has 0 saturated heterocycles. The number of rotatable bonds is 8. The minimum atomic E-state index is -0.227. The molecule has 3 N–H and O–H groups in total. The van der Waals surface area contributed by atoms with E-state index in [-0.39, 0.29) is 11.9 Å². The van der Waals surface area contributed by atoms with E-state index in [4.69, 9.17) is 10.5 Å². The number of ether oxygens (including phenoxy) is 1. The van der Waals surface area contributed by atoms with Crippen molar-refractivity contribution in [3.63, 3.8) is 0 Å². The molecule has 0 aliphatic carbocycles. The van der Waals surface area contributed by atoms with Crippen LogP contribution in [0.2, 0.25) is 0 Å². The summed E-state index contributed by atoms with van der Waals surface area (Å²) >= 11 is 0. The summed E-state index contributed by atoms with van der Waals surface area (Å²) < 4.78 is 4.81. The Balaban J connectivity index is 2.28. The molecule has 0 fully saturated rings. The fourth-order valence-electron chi connectivity index (χ4n) is 1.86. The summed E-state index contributed by atoms with van der Waals surface area (Å²) in [7, 11) is 0. The van der Waals surface area contributed by atoms with Gasteiger partial charge < -0.3 is 15.8 Å². The molecule has 0 radical (unpaired) electrons. The summed E-state index contributed by atoms with van der Waals surface area (Å²) in [6, 6.07) is 7.62. The van der Waals surface area contributed by atoms with E-state index in [0.717, 1.165) is 11.1 Å². The lowest BCUT2D eigenvalue weighted by atomic mass is 10.0. The number of nitrogens with two attached hydrogens (primary N) is 1. The van der Waals surface area contributed by atoms with Crippen LogP contribution in [0, 0.1) is 0 Å². The Morgan fingerprint density at radius 2 is 1.95 bits per heavy atom. The van der Waals surface area contributed by atoms with Crippen LogP contribution in [0.3, 0.4) is 0 Å². The Bertz CT molecular complexity index is 446. The van der Waals surface area contributed by atoms with Gasteiger partial charge in [-0.05, 0) is 24.5 Å². The number of hydrogen-bond acceptors (Lipinski definition) is 4. The van der Waals surface area contributed by atoms with Crippen LogP contribution in [0.5, 0.6) is 0 Å². The van der Waals surface area contributed by atoms with Gasteiger partial charge in [0, 0.05) is 19.5 Å². The third-order valence-corrected chi connectivity index (χ3v) is 2.87. The maximum atomic E-state index is 11.8. The molecule has 0 bridgehead atoms. The first kappa shape index (κ1) is 16.2. The van der Waals surface area contributed by atoms with Gasteiger partial charge in [0.15, 0.2) is 0 Å². The highest BCUT2D eigenvalue weighted by Gasteiger charge is 2.07. The summed E-state index contributed by atoms with van der Waals surface area (Å²) in [5.74, 6) is -0.287. The van der Waals surface area contributed by atoms with Crippen molar-refractivity contribution in [2.24, 2.45) is 5.73 Å². The molecular weight excluding hydrogens is 256 g/mol. The normalized spacial score (nSPS) is 10.1. The van der Waals surface area contributed by atoms with Crippen LogP contribution in [-0.4, -0.2) is 25.0 Å². The molecule has 0 aliphatic heterocycles. The van der Waals surface area contributed by atoms with Crippen LogP contribution in [0.15, 0.2) is 24.3 Å². The SMILES string of the molecule is CCOC(=O)CCCNC(=O)Cc1ccccc1CN. The molecule has 1 amide bonds. The van der Waals surface area contributed by atoms with E-state index >= 15 is 0 Å². The first-order chi connectivity index (χ1) is 9.67. The molecule has 1 rings (SSSR count). The minimum Gasteiger partial charge on any atom is -0.466 e. The van der Waals surface area contributed by atoms with Crippen molar-refractivity contribution in [1.29, 1.82) is 0 Å². The largest absolute Gasteiger partial charge is 0.466 e. The second-order valence-electron chi connectivity index (χ2n) is 4.41. The number of carbonyl (C=O) groups is 2. The van der Waals surface area contributed by atoms with Gasteiger partial charge in [-0.3, -0.25) is 9.59 Å². The number of hydrogen-bond donors (Lipinski definition) is 2. The van der Waals surface area contributed by atoms with Gasteiger partial charge in [0.25, 0.3) is 0 Å². The zero-order chi connectivity index (χ0) is 14.8. The van der Waals surface area contributed by atoms with Gasteiger partial charge >= 0.3 is 5.97 Å². The maximum absolute atomic E-state index is 11.8. The van der Waals surface area contributed by atoms with Gasteiger partial charge in [0.2, 0.25) is 5.91 Å². The van der Waals surface area contributed by atoms with E-state index in [1.54, 1.807) is 6.92 Å².